The maximum atomic E-state index is 2.35. The second kappa shape index (κ2) is 5.87. The van der Waals surface area contributed by atoms with E-state index in [1.54, 1.807) is 0 Å². The van der Waals surface area contributed by atoms with Gasteiger partial charge in [0.2, 0.25) is 0 Å². The molecule has 4 aromatic carbocycles. The number of hydrogen-bond acceptors (Lipinski definition) is 2. The maximum absolute atomic E-state index is 2.35. The fourth-order valence-electron chi connectivity index (χ4n) is 3.24. The Kier molecular flexibility index (Phi) is 3.53. The van der Waals surface area contributed by atoms with Crippen molar-refractivity contribution in [2.24, 2.45) is 0 Å². The number of thioether (sulfide) groups is 2. The molecule has 2 heteroatoms. The molecule has 6 bridgehead atoms. The Morgan fingerprint density at radius 1 is 0.458 bits per heavy atom. The second-order valence-corrected chi connectivity index (χ2v) is 8.36. The molecule has 0 fully saturated rings. The summed E-state index contributed by atoms with van der Waals surface area (Å²) < 4.78 is 0. The van der Waals surface area contributed by atoms with Crippen molar-refractivity contribution in [3.05, 3.63) is 83.9 Å². The van der Waals surface area contributed by atoms with E-state index in [2.05, 4.69) is 72.8 Å². The van der Waals surface area contributed by atoms with Gasteiger partial charge in [-0.05, 0) is 56.9 Å². The van der Waals surface area contributed by atoms with Crippen LogP contribution in [0.25, 0.3) is 21.5 Å². The molecule has 1 aliphatic rings. The summed E-state index contributed by atoms with van der Waals surface area (Å²) in [6, 6.07) is 27.3. The summed E-state index contributed by atoms with van der Waals surface area (Å²) in [6.07, 6.45) is 0. The van der Waals surface area contributed by atoms with Crippen LogP contribution in [0.1, 0.15) is 11.1 Å². The smallest absolute Gasteiger partial charge is 0.0232 e. The lowest BCUT2D eigenvalue weighted by atomic mass is 10.1. The Balaban J connectivity index is 1.67. The summed E-state index contributed by atoms with van der Waals surface area (Å²) in [4.78, 5) is 2.69. The van der Waals surface area contributed by atoms with Crippen LogP contribution in [0.4, 0.5) is 0 Å². The predicted octanol–water partition coefficient (Wildman–Crippen LogP) is 6.89. The Bertz CT molecular complexity index is 901. The summed E-state index contributed by atoms with van der Waals surface area (Å²) in [6.45, 7) is 0. The zero-order chi connectivity index (χ0) is 15.9. The van der Waals surface area contributed by atoms with Gasteiger partial charge in [0.15, 0.2) is 0 Å². The van der Waals surface area contributed by atoms with E-state index in [0.29, 0.717) is 0 Å². The lowest BCUT2D eigenvalue weighted by Gasteiger charge is -2.10. The third kappa shape index (κ3) is 2.70. The first-order valence-corrected chi connectivity index (χ1v) is 10.1. The molecule has 0 spiro atoms. The summed E-state index contributed by atoms with van der Waals surface area (Å²) in [5.74, 6) is 2.03. The second-order valence-electron chi connectivity index (χ2n) is 6.26. The molecule has 0 atom stereocenters. The van der Waals surface area contributed by atoms with Gasteiger partial charge in [-0.3, -0.25) is 0 Å². The highest BCUT2D eigenvalue weighted by atomic mass is 32.2. The average Bonchev–Trinajstić information content (AvgIpc) is 2.63. The summed E-state index contributed by atoms with van der Waals surface area (Å²) in [5, 5.41) is 5.34. The van der Waals surface area contributed by atoms with Gasteiger partial charge in [-0.25, -0.2) is 0 Å². The van der Waals surface area contributed by atoms with Crippen LogP contribution in [0.2, 0.25) is 0 Å². The van der Waals surface area contributed by atoms with Crippen molar-refractivity contribution in [2.75, 3.05) is 0 Å². The van der Waals surface area contributed by atoms with Crippen LogP contribution in [0.3, 0.4) is 0 Å². The van der Waals surface area contributed by atoms with Crippen molar-refractivity contribution in [3.8, 4) is 0 Å². The highest BCUT2D eigenvalue weighted by molar-refractivity contribution is 7.98. The van der Waals surface area contributed by atoms with Crippen LogP contribution in [0.5, 0.6) is 0 Å². The summed E-state index contributed by atoms with van der Waals surface area (Å²) in [5.41, 5.74) is 2.78. The average molecular weight is 345 g/mol. The molecule has 0 unspecified atom stereocenters. The molecule has 1 aliphatic heterocycles. The molecule has 0 aliphatic carbocycles. The van der Waals surface area contributed by atoms with E-state index >= 15 is 0 Å². The topological polar surface area (TPSA) is 0 Å². The maximum Gasteiger partial charge on any atom is 0.0232 e. The van der Waals surface area contributed by atoms with Crippen molar-refractivity contribution >= 4 is 45.1 Å². The molecular weight excluding hydrogens is 328 g/mol. The molecule has 0 saturated heterocycles. The van der Waals surface area contributed by atoms with Crippen molar-refractivity contribution in [1.29, 1.82) is 0 Å². The minimum Gasteiger partial charge on any atom is -0.121 e. The Morgan fingerprint density at radius 2 is 0.917 bits per heavy atom. The van der Waals surface area contributed by atoms with Crippen LogP contribution >= 0.6 is 23.5 Å². The van der Waals surface area contributed by atoms with Crippen molar-refractivity contribution < 1.29 is 0 Å². The van der Waals surface area contributed by atoms with Gasteiger partial charge in [-0.2, -0.15) is 0 Å². The molecule has 0 N–H and O–H groups in total. The number of benzene rings is 4. The third-order valence-corrected chi connectivity index (χ3v) is 6.69. The SMILES string of the molecule is c1cc2ccc3cc2cc1CSc1ccc2ccc(cc2c1)SC3. The highest BCUT2D eigenvalue weighted by Gasteiger charge is 2.05. The van der Waals surface area contributed by atoms with E-state index in [1.165, 1.54) is 42.5 Å². The van der Waals surface area contributed by atoms with E-state index in [0.717, 1.165) is 11.5 Å². The van der Waals surface area contributed by atoms with E-state index in [9.17, 15) is 0 Å². The standard InChI is InChI=1S/C22H16S2/c1-3-17-4-2-16-10-19(17)9-15(1)13-23-21-7-5-18-6-8-22(24-14-16)12-20(18)11-21/h1-12H,13-14H2. The molecule has 0 aromatic heterocycles. The zero-order valence-electron chi connectivity index (χ0n) is 13.2. The number of rotatable bonds is 0. The molecule has 5 rings (SSSR count). The van der Waals surface area contributed by atoms with Gasteiger partial charge in [-0.1, -0.05) is 48.5 Å². The Hall–Kier alpha value is -1.90. The van der Waals surface area contributed by atoms with Crippen LogP contribution < -0.4 is 0 Å². The highest BCUT2D eigenvalue weighted by Crippen LogP contribution is 2.32. The molecule has 116 valence electrons. The first-order chi connectivity index (χ1) is 11.8. The van der Waals surface area contributed by atoms with Gasteiger partial charge in [0.25, 0.3) is 0 Å². The lowest BCUT2D eigenvalue weighted by Crippen LogP contribution is -1.86. The van der Waals surface area contributed by atoms with Gasteiger partial charge in [-0.15, -0.1) is 23.5 Å². The van der Waals surface area contributed by atoms with Gasteiger partial charge >= 0.3 is 0 Å². The van der Waals surface area contributed by atoms with E-state index in [-0.39, 0.29) is 0 Å². The minimum absolute atomic E-state index is 1.01. The number of hydrogen-bond donors (Lipinski definition) is 0. The van der Waals surface area contributed by atoms with Gasteiger partial charge in [0.1, 0.15) is 0 Å². The predicted molar refractivity (Wildman–Crippen MR) is 107 cm³/mol. The quantitative estimate of drug-likeness (QED) is 0.340. The number of fused-ring (bicyclic) bond motifs is 4. The fraction of sp³-hybridized carbons (Fsp3) is 0.0909. The molecule has 1 heterocycles. The normalized spacial score (nSPS) is 14.0. The van der Waals surface area contributed by atoms with Crippen LogP contribution in [-0.2, 0) is 11.5 Å². The Morgan fingerprint density at radius 3 is 1.46 bits per heavy atom. The van der Waals surface area contributed by atoms with Crippen LogP contribution in [0, 0.1) is 0 Å². The zero-order valence-corrected chi connectivity index (χ0v) is 14.8. The first kappa shape index (κ1) is 14.4. The molecule has 0 nitrogen and oxygen atoms in total. The van der Waals surface area contributed by atoms with Gasteiger partial charge in [0.05, 0.1) is 0 Å². The molecular formula is C22H16S2. The minimum atomic E-state index is 1.01. The van der Waals surface area contributed by atoms with E-state index < -0.39 is 0 Å². The summed E-state index contributed by atoms with van der Waals surface area (Å²) >= 11 is 3.84. The Labute approximate surface area is 150 Å². The molecule has 4 aromatic rings. The van der Waals surface area contributed by atoms with Gasteiger partial charge in [0, 0.05) is 21.3 Å². The largest absolute Gasteiger partial charge is 0.121 e. The fourth-order valence-corrected chi connectivity index (χ4v) is 5.02. The van der Waals surface area contributed by atoms with Crippen molar-refractivity contribution in [1.82, 2.24) is 0 Å². The van der Waals surface area contributed by atoms with Crippen LogP contribution in [-0.4, -0.2) is 0 Å². The van der Waals surface area contributed by atoms with Crippen LogP contribution in [0.15, 0.2) is 82.6 Å². The van der Waals surface area contributed by atoms with Crippen molar-refractivity contribution in [3.63, 3.8) is 0 Å². The molecule has 0 radical (unpaired) electrons. The molecule has 0 saturated carbocycles. The molecule has 24 heavy (non-hydrogen) atoms. The first-order valence-electron chi connectivity index (χ1n) is 8.14. The molecule has 0 amide bonds. The van der Waals surface area contributed by atoms with Gasteiger partial charge < -0.3 is 0 Å². The summed E-state index contributed by atoms with van der Waals surface area (Å²) in [7, 11) is 0. The van der Waals surface area contributed by atoms with Crippen molar-refractivity contribution in [2.45, 2.75) is 21.3 Å². The lowest BCUT2D eigenvalue weighted by molar-refractivity contribution is 1.37. The van der Waals surface area contributed by atoms with E-state index in [4.69, 9.17) is 0 Å². The van der Waals surface area contributed by atoms with E-state index in [1.807, 2.05) is 23.5 Å². The third-order valence-electron chi connectivity index (χ3n) is 4.56. The monoisotopic (exact) mass is 344 g/mol.